The van der Waals surface area contributed by atoms with Crippen molar-refractivity contribution in [2.75, 3.05) is 6.54 Å². The monoisotopic (exact) mass is 309 g/mol. The SMILES string of the molecule is NCC#Cc1ccc(S(=O)(=O)NCc2ccno2)cc1F. The fraction of sp³-hybridized carbons (Fsp3) is 0.154. The zero-order chi connectivity index (χ0) is 15.3. The molecule has 0 spiro atoms. The van der Waals surface area contributed by atoms with Crippen LogP contribution in [0.5, 0.6) is 0 Å². The molecule has 21 heavy (non-hydrogen) atoms. The molecule has 0 aliphatic heterocycles. The lowest BCUT2D eigenvalue weighted by Gasteiger charge is -2.05. The molecule has 3 N–H and O–H groups in total. The Bertz CT molecular complexity index is 777. The first-order valence-electron chi connectivity index (χ1n) is 5.90. The van der Waals surface area contributed by atoms with Crippen molar-refractivity contribution >= 4 is 10.0 Å². The fourth-order valence-corrected chi connectivity index (χ4v) is 2.50. The van der Waals surface area contributed by atoms with Crippen LogP contribution in [-0.4, -0.2) is 20.1 Å². The summed E-state index contributed by atoms with van der Waals surface area (Å²) < 4.78 is 44.8. The van der Waals surface area contributed by atoms with Gasteiger partial charge >= 0.3 is 0 Å². The van der Waals surface area contributed by atoms with Gasteiger partial charge < -0.3 is 10.3 Å². The van der Waals surface area contributed by atoms with Crippen LogP contribution in [0.3, 0.4) is 0 Å². The third-order valence-electron chi connectivity index (χ3n) is 2.50. The maximum absolute atomic E-state index is 13.8. The second-order valence-electron chi connectivity index (χ2n) is 3.95. The Labute approximate surface area is 121 Å². The Hall–Kier alpha value is -2.21. The van der Waals surface area contributed by atoms with E-state index < -0.39 is 15.8 Å². The lowest BCUT2D eigenvalue weighted by Crippen LogP contribution is -2.23. The number of hydrogen-bond acceptors (Lipinski definition) is 5. The van der Waals surface area contributed by atoms with Crippen molar-refractivity contribution in [1.82, 2.24) is 9.88 Å². The largest absolute Gasteiger partial charge is 0.360 e. The van der Waals surface area contributed by atoms with Gasteiger partial charge in [-0.15, -0.1) is 0 Å². The summed E-state index contributed by atoms with van der Waals surface area (Å²) in [5.74, 6) is 4.65. The number of nitrogens with one attached hydrogen (secondary N) is 1. The molecule has 2 aromatic rings. The van der Waals surface area contributed by atoms with Gasteiger partial charge in [0.15, 0.2) is 5.76 Å². The molecule has 0 saturated carbocycles. The molecule has 0 saturated heterocycles. The zero-order valence-electron chi connectivity index (χ0n) is 10.8. The van der Waals surface area contributed by atoms with E-state index in [-0.39, 0.29) is 23.5 Å². The van der Waals surface area contributed by atoms with E-state index in [9.17, 15) is 12.8 Å². The van der Waals surface area contributed by atoms with Crippen molar-refractivity contribution in [2.24, 2.45) is 5.73 Å². The van der Waals surface area contributed by atoms with Gasteiger partial charge in [0.05, 0.1) is 29.7 Å². The van der Waals surface area contributed by atoms with Crippen LogP contribution in [0.15, 0.2) is 39.9 Å². The van der Waals surface area contributed by atoms with Gasteiger partial charge in [-0.25, -0.2) is 17.5 Å². The molecule has 0 radical (unpaired) electrons. The summed E-state index contributed by atoms with van der Waals surface area (Å²) in [6.45, 7) is 0.0247. The standard InChI is InChI=1S/C13H12FN3O3S/c14-13-8-12(4-3-10(13)2-1-6-15)21(18,19)17-9-11-5-7-16-20-11/h3-5,7-8,17H,6,9,15H2. The van der Waals surface area contributed by atoms with Crippen molar-refractivity contribution in [2.45, 2.75) is 11.4 Å². The Morgan fingerprint density at radius 2 is 2.19 bits per heavy atom. The van der Waals surface area contributed by atoms with Crippen LogP contribution in [0, 0.1) is 17.7 Å². The number of sulfonamides is 1. The average molecular weight is 309 g/mol. The van der Waals surface area contributed by atoms with Gasteiger partial charge in [0.1, 0.15) is 5.82 Å². The fourth-order valence-electron chi connectivity index (χ4n) is 1.49. The van der Waals surface area contributed by atoms with E-state index >= 15 is 0 Å². The molecule has 1 aromatic heterocycles. The van der Waals surface area contributed by atoms with Crippen molar-refractivity contribution < 1.29 is 17.3 Å². The predicted molar refractivity (Wildman–Crippen MR) is 72.9 cm³/mol. The lowest BCUT2D eigenvalue weighted by atomic mass is 10.2. The Morgan fingerprint density at radius 3 is 2.81 bits per heavy atom. The molecule has 0 aliphatic carbocycles. The Balaban J connectivity index is 2.18. The minimum Gasteiger partial charge on any atom is -0.360 e. The van der Waals surface area contributed by atoms with E-state index in [1.165, 1.54) is 24.4 Å². The summed E-state index contributed by atoms with van der Waals surface area (Å²) in [5, 5.41) is 3.45. The number of benzene rings is 1. The maximum atomic E-state index is 13.8. The number of hydrogen-bond donors (Lipinski definition) is 2. The summed E-state index contributed by atoms with van der Waals surface area (Å²) in [7, 11) is -3.85. The smallest absolute Gasteiger partial charge is 0.241 e. The molecule has 0 aliphatic rings. The van der Waals surface area contributed by atoms with Crippen LogP contribution in [0.1, 0.15) is 11.3 Å². The summed E-state index contributed by atoms with van der Waals surface area (Å²) in [6, 6.07) is 4.99. The summed E-state index contributed by atoms with van der Waals surface area (Å²) >= 11 is 0. The topological polar surface area (TPSA) is 98.2 Å². The molecule has 6 nitrogen and oxygen atoms in total. The van der Waals surface area contributed by atoms with Crippen molar-refractivity contribution in [3.63, 3.8) is 0 Å². The third kappa shape index (κ3) is 3.88. The molecular formula is C13H12FN3O3S. The highest BCUT2D eigenvalue weighted by molar-refractivity contribution is 7.89. The second kappa shape index (κ2) is 6.49. The number of nitrogens with two attached hydrogens (primary N) is 1. The van der Waals surface area contributed by atoms with Crippen LogP contribution < -0.4 is 10.5 Å². The number of aromatic nitrogens is 1. The molecule has 1 heterocycles. The predicted octanol–water partition coefficient (Wildman–Crippen LogP) is 0.602. The van der Waals surface area contributed by atoms with Crippen LogP contribution in [0.25, 0.3) is 0 Å². The molecule has 2 rings (SSSR count). The summed E-state index contributed by atoms with van der Waals surface area (Å²) in [5.41, 5.74) is 5.29. The maximum Gasteiger partial charge on any atom is 0.241 e. The van der Waals surface area contributed by atoms with E-state index in [2.05, 4.69) is 21.7 Å². The lowest BCUT2D eigenvalue weighted by molar-refractivity contribution is 0.380. The second-order valence-corrected chi connectivity index (χ2v) is 5.72. The van der Waals surface area contributed by atoms with E-state index in [0.29, 0.717) is 5.76 Å². The Morgan fingerprint density at radius 1 is 1.38 bits per heavy atom. The van der Waals surface area contributed by atoms with Gasteiger partial charge in [-0.1, -0.05) is 17.0 Å². The number of halogens is 1. The molecule has 0 bridgehead atoms. The van der Waals surface area contributed by atoms with Gasteiger partial charge in [0.25, 0.3) is 0 Å². The highest BCUT2D eigenvalue weighted by atomic mass is 32.2. The first-order chi connectivity index (χ1) is 10.0. The molecule has 0 fully saturated rings. The van der Waals surface area contributed by atoms with E-state index in [4.69, 9.17) is 10.3 Å². The molecule has 1 aromatic carbocycles. The summed E-state index contributed by atoms with van der Waals surface area (Å²) in [4.78, 5) is -0.196. The molecule has 110 valence electrons. The average Bonchev–Trinajstić information content (AvgIpc) is 2.97. The van der Waals surface area contributed by atoms with Gasteiger partial charge in [-0.2, -0.15) is 0 Å². The molecule has 0 atom stereocenters. The van der Waals surface area contributed by atoms with Crippen molar-refractivity contribution in [1.29, 1.82) is 0 Å². The Kier molecular flexibility index (Phi) is 4.70. The number of nitrogens with zero attached hydrogens (tertiary/aromatic N) is 1. The van der Waals surface area contributed by atoms with Crippen LogP contribution >= 0.6 is 0 Å². The first kappa shape index (κ1) is 15.2. The van der Waals surface area contributed by atoms with E-state index in [1.54, 1.807) is 0 Å². The molecular weight excluding hydrogens is 297 g/mol. The minimum atomic E-state index is -3.85. The molecule has 0 unspecified atom stereocenters. The zero-order valence-corrected chi connectivity index (χ0v) is 11.7. The quantitative estimate of drug-likeness (QED) is 0.806. The first-order valence-corrected chi connectivity index (χ1v) is 7.39. The minimum absolute atomic E-state index is 0.0708. The van der Waals surface area contributed by atoms with Crippen molar-refractivity contribution in [3.05, 3.63) is 47.6 Å². The van der Waals surface area contributed by atoms with Gasteiger partial charge in [0, 0.05) is 6.07 Å². The van der Waals surface area contributed by atoms with Gasteiger partial charge in [-0.05, 0) is 18.2 Å². The normalized spacial score (nSPS) is 11.0. The van der Waals surface area contributed by atoms with Gasteiger partial charge in [-0.3, -0.25) is 0 Å². The van der Waals surface area contributed by atoms with Gasteiger partial charge in [0.2, 0.25) is 10.0 Å². The highest BCUT2D eigenvalue weighted by Crippen LogP contribution is 2.14. The van der Waals surface area contributed by atoms with Crippen LogP contribution in [0.2, 0.25) is 0 Å². The summed E-state index contributed by atoms with van der Waals surface area (Å²) in [6.07, 6.45) is 1.40. The van der Waals surface area contributed by atoms with Crippen LogP contribution in [0.4, 0.5) is 4.39 Å². The van der Waals surface area contributed by atoms with Crippen molar-refractivity contribution in [3.8, 4) is 11.8 Å². The molecule has 0 amide bonds. The van der Waals surface area contributed by atoms with Crippen LogP contribution in [-0.2, 0) is 16.6 Å². The molecule has 8 heteroatoms. The number of rotatable bonds is 4. The van der Waals surface area contributed by atoms with E-state index in [0.717, 1.165) is 6.07 Å². The van der Waals surface area contributed by atoms with E-state index in [1.807, 2.05) is 0 Å². The highest BCUT2D eigenvalue weighted by Gasteiger charge is 2.16. The third-order valence-corrected chi connectivity index (χ3v) is 3.90.